The van der Waals surface area contributed by atoms with Crippen molar-refractivity contribution in [2.75, 3.05) is 21.3 Å². The fourth-order valence-electron chi connectivity index (χ4n) is 2.80. The molecule has 8 heteroatoms. The third-order valence-electron chi connectivity index (χ3n) is 4.41. The molecule has 0 amide bonds. The van der Waals surface area contributed by atoms with Crippen LogP contribution in [-0.2, 0) is 0 Å². The molecule has 7 nitrogen and oxygen atoms in total. The van der Waals surface area contributed by atoms with E-state index in [1.165, 1.54) is 11.8 Å². The summed E-state index contributed by atoms with van der Waals surface area (Å²) in [6.07, 6.45) is 0.658. The number of hydrogen-bond acceptors (Lipinski definition) is 7. The van der Waals surface area contributed by atoms with Crippen LogP contribution in [-0.4, -0.2) is 47.5 Å². The van der Waals surface area contributed by atoms with Crippen LogP contribution in [0.5, 0.6) is 17.2 Å². The molecule has 1 heterocycles. The lowest BCUT2D eigenvalue weighted by Crippen LogP contribution is -2.16. The maximum absolute atomic E-state index is 12.9. The molecule has 1 aromatic heterocycles. The minimum Gasteiger partial charge on any atom is -0.497 e. The van der Waals surface area contributed by atoms with Gasteiger partial charge in [-0.25, -0.2) is 4.98 Å². The number of H-pyrrole nitrogens is 1. The Labute approximate surface area is 173 Å². The Morgan fingerprint density at radius 1 is 1.03 bits per heavy atom. The Bertz CT molecular complexity index is 972. The number of methoxy groups -OCH3 is 3. The van der Waals surface area contributed by atoms with Gasteiger partial charge in [-0.05, 0) is 42.8 Å². The summed E-state index contributed by atoms with van der Waals surface area (Å²) < 4.78 is 15.8. The highest BCUT2D eigenvalue weighted by Crippen LogP contribution is 2.33. The van der Waals surface area contributed by atoms with Crippen LogP contribution in [0, 0.1) is 0 Å². The van der Waals surface area contributed by atoms with Gasteiger partial charge >= 0.3 is 0 Å². The molecule has 1 N–H and O–H groups in total. The van der Waals surface area contributed by atoms with Gasteiger partial charge < -0.3 is 14.2 Å². The average molecular weight is 413 g/mol. The van der Waals surface area contributed by atoms with Gasteiger partial charge in [-0.15, -0.1) is 5.10 Å². The van der Waals surface area contributed by atoms with E-state index < -0.39 is 0 Å². The lowest BCUT2D eigenvalue weighted by Gasteiger charge is -2.11. The van der Waals surface area contributed by atoms with Crippen molar-refractivity contribution >= 4 is 17.5 Å². The molecule has 0 saturated carbocycles. The first-order valence-electron chi connectivity index (χ1n) is 9.09. The van der Waals surface area contributed by atoms with Crippen molar-refractivity contribution in [2.45, 2.75) is 23.8 Å². The van der Waals surface area contributed by atoms with E-state index in [1.54, 1.807) is 51.7 Å². The molecule has 3 aromatic rings. The number of aromatic amines is 1. The van der Waals surface area contributed by atoms with Crippen LogP contribution in [0.2, 0.25) is 0 Å². The van der Waals surface area contributed by atoms with E-state index in [-0.39, 0.29) is 11.0 Å². The number of nitrogens with one attached hydrogen (secondary N) is 1. The number of ketones is 1. The standard InChI is InChI=1S/C21H23N3O4S/c1-5-18(19(25)13-6-8-14(26-2)9-7-13)29-21-22-20(23-24-21)16-11-10-15(27-3)12-17(16)28-4/h6-12,18H,5H2,1-4H3,(H,22,23,24). The summed E-state index contributed by atoms with van der Waals surface area (Å²) >= 11 is 1.34. The van der Waals surface area contributed by atoms with Crippen LogP contribution in [0.1, 0.15) is 23.7 Å². The summed E-state index contributed by atoms with van der Waals surface area (Å²) in [6.45, 7) is 1.97. The molecule has 2 aromatic carbocycles. The summed E-state index contributed by atoms with van der Waals surface area (Å²) in [6, 6.07) is 12.6. The molecule has 0 radical (unpaired) electrons. The summed E-state index contributed by atoms with van der Waals surface area (Å²) in [7, 11) is 4.79. The fraction of sp³-hybridized carbons (Fsp3) is 0.286. The van der Waals surface area contributed by atoms with Gasteiger partial charge in [-0.3, -0.25) is 9.89 Å². The molecule has 0 saturated heterocycles. The van der Waals surface area contributed by atoms with Crippen molar-refractivity contribution in [2.24, 2.45) is 0 Å². The number of Topliss-reactive ketones (excluding diaryl/α,β-unsaturated/α-hetero) is 1. The molecule has 0 bridgehead atoms. The highest BCUT2D eigenvalue weighted by atomic mass is 32.2. The third kappa shape index (κ3) is 4.71. The van der Waals surface area contributed by atoms with Gasteiger partial charge in [0.25, 0.3) is 0 Å². The Morgan fingerprint density at radius 2 is 1.72 bits per heavy atom. The maximum atomic E-state index is 12.9. The van der Waals surface area contributed by atoms with Crippen molar-refractivity contribution in [1.82, 2.24) is 15.2 Å². The van der Waals surface area contributed by atoms with E-state index in [1.807, 2.05) is 19.1 Å². The second-order valence-corrected chi connectivity index (χ2v) is 7.31. The van der Waals surface area contributed by atoms with E-state index in [0.717, 1.165) is 5.56 Å². The zero-order valence-corrected chi connectivity index (χ0v) is 17.6. The number of rotatable bonds is 9. The second-order valence-electron chi connectivity index (χ2n) is 6.14. The minimum absolute atomic E-state index is 0.0357. The van der Waals surface area contributed by atoms with E-state index >= 15 is 0 Å². The molecule has 0 aliphatic carbocycles. The van der Waals surface area contributed by atoms with Crippen molar-refractivity contribution < 1.29 is 19.0 Å². The Hall–Kier alpha value is -3.00. The highest BCUT2D eigenvalue weighted by molar-refractivity contribution is 8.00. The normalized spacial score (nSPS) is 11.7. The summed E-state index contributed by atoms with van der Waals surface area (Å²) in [5, 5.41) is 7.42. The number of carbonyl (C=O) groups is 1. The van der Waals surface area contributed by atoms with Gasteiger partial charge in [-0.1, -0.05) is 18.7 Å². The molecule has 1 atom stereocenters. The van der Waals surface area contributed by atoms with Crippen LogP contribution in [0.15, 0.2) is 47.6 Å². The smallest absolute Gasteiger partial charge is 0.209 e. The van der Waals surface area contributed by atoms with Crippen LogP contribution in [0.25, 0.3) is 11.4 Å². The Kier molecular flexibility index (Phi) is 6.77. The van der Waals surface area contributed by atoms with E-state index in [4.69, 9.17) is 14.2 Å². The number of ether oxygens (including phenoxy) is 3. The Balaban J connectivity index is 1.78. The molecule has 0 aliphatic heterocycles. The molecule has 0 aliphatic rings. The molecular formula is C21H23N3O4S. The lowest BCUT2D eigenvalue weighted by molar-refractivity contribution is 0.0988. The van der Waals surface area contributed by atoms with Gasteiger partial charge in [0.15, 0.2) is 11.6 Å². The molecule has 3 rings (SSSR count). The molecule has 0 fully saturated rings. The number of benzene rings is 2. The van der Waals surface area contributed by atoms with Crippen molar-refractivity contribution in [3.8, 4) is 28.6 Å². The second kappa shape index (κ2) is 9.47. The number of hydrogen-bond donors (Lipinski definition) is 1. The quantitative estimate of drug-likeness (QED) is 0.414. The van der Waals surface area contributed by atoms with Crippen molar-refractivity contribution in [3.63, 3.8) is 0 Å². The highest BCUT2D eigenvalue weighted by Gasteiger charge is 2.22. The first-order chi connectivity index (χ1) is 14.1. The number of carbonyl (C=O) groups excluding carboxylic acids is 1. The molecule has 0 spiro atoms. The summed E-state index contributed by atoms with van der Waals surface area (Å²) in [5.74, 6) is 2.64. The van der Waals surface area contributed by atoms with Gasteiger partial charge in [0, 0.05) is 11.6 Å². The van der Waals surface area contributed by atoms with E-state index in [0.29, 0.717) is 40.2 Å². The first-order valence-corrected chi connectivity index (χ1v) is 9.97. The molecular weight excluding hydrogens is 390 g/mol. The van der Waals surface area contributed by atoms with Gasteiger partial charge in [-0.2, -0.15) is 0 Å². The summed E-state index contributed by atoms with van der Waals surface area (Å²) in [4.78, 5) is 17.4. The zero-order valence-electron chi connectivity index (χ0n) is 16.8. The van der Waals surface area contributed by atoms with E-state index in [9.17, 15) is 4.79 Å². The monoisotopic (exact) mass is 413 g/mol. The predicted octanol–water partition coefficient (Wildman–Crippen LogP) is 4.25. The van der Waals surface area contributed by atoms with Crippen LogP contribution in [0.3, 0.4) is 0 Å². The number of aromatic nitrogens is 3. The van der Waals surface area contributed by atoms with Crippen molar-refractivity contribution in [3.05, 3.63) is 48.0 Å². The van der Waals surface area contributed by atoms with Crippen LogP contribution < -0.4 is 14.2 Å². The average Bonchev–Trinajstić information content (AvgIpc) is 3.24. The van der Waals surface area contributed by atoms with Crippen LogP contribution in [0.4, 0.5) is 0 Å². The lowest BCUT2D eigenvalue weighted by atomic mass is 10.1. The largest absolute Gasteiger partial charge is 0.497 e. The molecule has 152 valence electrons. The van der Waals surface area contributed by atoms with E-state index in [2.05, 4.69) is 15.2 Å². The molecule has 1 unspecified atom stereocenters. The Morgan fingerprint density at radius 3 is 2.34 bits per heavy atom. The minimum atomic E-state index is -0.287. The SMILES string of the molecule is CCC(Sc1n[nH]c(-c2ccc(OC)cc2OC)n1)C(=O)c1ccc(OC)cc1. The zero-order chi connectivity index (χ0) is 20.8. The first kappa shape index (κ1) is 20.7. The third-order valence-corrected chi connectivity index (χ3v) is 5.64. The predicted molar refractivity (Wildman–Crippen MR) is 112 cm³/mol. The van der Waals surface area contributed by atoms with Crippen molar-refractivity contribution in [1.29, 1.82) is 0 Å². The number of nitrogens with zero attached hydrogens (tertiary/aromatic N) is 2. The topological polar surface area (TPSA) is 86.3 Å². The number of thioether (sulfide) groups is 1. The fourth-order valence-corrected chi connectivity index (χ4v) is 3.71. The molecule has 29 heavy (non-hydrogen) atoms. The van der Waals surface area contributed by atoms with Gasteiger partial charge in [0.05, 0.1) is 32.1 Å². The summed E-state index contributed by atoms with van der Waals surface area (Å²) in [5.41, 5.74) is 1.40. The van der Waals surface area contributed by atoms with Crippen LogP contribution >= 0.6 is 11.8 Å². The van der Waals surface area contributed by atoms with Gasteiger partial charge in [0.1, 0.15) is 17.2 Å². The maximum Gasteiger partial charge on any atom is 0.209 e. The van der Waals surface area contributed by atoms with Gasteiger partial charge in [0.2, 0.25) is 5.16 Å².